The Hall–Kier alpha value is -3.34. The number of hydrogen-bond donors (Lipinski definition) is 0. The lowest BCUT2D eigenvalue weighted by Gasteiger charge is -2.24. The number of halogens is 3. The van der Waals surface area contributed by atoms with Gasteiger partial charge < -0.3 is 14.0 Å². The van der Waals surface area contributed by atoms with Crippen molar-refractivity contribution < 1.29 is 13.3 Å². The zero-order chi connectivity index (χ0) is 23.1. The molecule has 0 radical (unpaired) electrons. The fourth-order valence-electron chi connectivity index (χ4n) is 5.09. The minimum atomic E-state index is -0.772. The molecule has 3 aromatic heterocycles. The maximum absolute atomic E-state index is 13.9. The fourth-order valence-corrected chi connectivity index (χ4v) is 5.20. The molecule has 0 spiro atoms. The Bertz CT molecular complexity index is 1460. The zero-order valence-electron chi connectivity index (χ0n) is 17.7. The van der Waals surface area contributed by atoms with Crippen molar-refractivity contribution in [3.05, 3.63) is 63.5 Å². The van der Waals surface area contributed by atoms with Gasteiger partial charge in [0.05, 0.1) is 6.33 Å². The highest BCUT2D eigenvalue weighted by atomic mass is 35.5. The van der Waals surface area contributed by atoms with Gasteiger partial charge in [-0.25, -0.2) is 18.7 Å². The first-order valence-corrected chi connectivity index (χ1v) is 10.7. The summed E-state index contributed by atoms with van der Waals surface area (Å²) in [5.41, 5.74) is 0.867. The van der Waals surface area contributed by atoms with Gasteiger partial charge in [0.2, 0.25) is 5.89 Å². The molecule has 4 heterocycles. The molecular weight excluding hydrogens is 456 g/mol. The smallest absolute Gasteiger partial charge is 0.280 e. The van der Waals surface area contributed by atoms with E-state index in [0.717, 1.165) is 0 Å². The van der Waals surface area contributed by atoms with E-state index in [4.69, 9.17) is 16.1 Å². The van der Waals surface area contributed by atoms with E-state index in [2.05, 4.69) is 27.0 Å². The van der Waals surface area contributed by atoms with Gasteiger partial charge in [-0.2, -0.15) is 4.98 Å². The van der Waals surface area contributed by atoms with Crippen molar-refractivity contribution in [3.63, 3.8) is 0 Å². The first-order valence-electron chi connectivity index (χ1n) is 10.3. The van der Waals surface area contributed by atoms with Crippen LogP contribution in [0.25, 0.3) is 11.2 Å². The van der Waals surface area contributed by atoms with E-state index in [9.17, 15) is 13.6 Å². The molecular formula is C21H18ClF2N7O2. The van der Waals surface area contributed by atoms with E-state index < -0.39 is 16.7 Å². The van der Waals surface area contributed by atoms with E-state index in [1.807, 2.05) is 4.90 Å². The molecule has 2 fully saturated rings. The molecule has 2 aliphatic rings. The van der Waals surface area contributed by atoms with Crippen molar-refractivity contribution in [1.82, 2.24) is 29.2 Å². The molecule has 1 saturated heterocycles. The van der Waals surface area contributed by atoms with Crippen LogP contribution in [-0.2, 0) is 13.6 Å². The highest BCUT2D eigenvalue weighted by Gasteiger charge is 2.68. The maximum Gasteiger partial charge on any atom is 0.280 e. The molecule has 1 aromatic carbocycles. The van der Waals surface area contributed by atoms with Crippen molar-refractivity contribution >= 4 is 28.5 Å². The van der Waals surface area contributed by atoms with Crippen LogP contribution in [0.15, 0.2) is 34.1 Å². The Labute approximate surface area is 190 Å². The zero-order valence-corrected chi connectivity index (χ0v) is 18.4. The summed E-state index contributed by atoms with van der Waals surface area (Å²) in [5, 5.41) is 3.65. The summed E-state index contributed by atoms with van der Waals surface area (Å²) in [7, 11) is 1.73. The van der Waals surface area contributed by atoms with Crippen molar-refractivity contribution in [2.24, 2.45) is 18.4 Å². The largest absolute Gasteiger partial charge is 0.370 e. The highest BCUT2D eigenvalue weighted by molar-refractivity contribution is 6.31. The number of benzene rings is 1. The third-order valence-electron chi connectivity index (χ3n) is 6.90. The second kappa shape index (κ2) is 6.83. The minimum Gasteiger partial charge on any atom is -0.370 e. The number of aryl methyl sites for hydroxylation is 1. The number of rotatable bonds is 4. The lowest BCUT2D eigenvalue weighted by atomic mass is 10.1. The standard InChI is InChI=1S/C21H18ClF2N7O2/c1-21-7-30(10-3-12(23)16(22)13(24)4-10)5-11(21)15(21)18-27-14(33-28-18)6-31-9-26-19-17(20(31)32)29(2)8-25-19/h3-4,8-9,11,15H,5-7H2,1-2H3/t11-,15+,21?/m0/s1. The molecule has 170 valence electrons. The molecule has 0 N–H and O–H groups in total. The lowest BCUT2D eigenvalue weighted by molar-refractivity contribution is 0.362. The van der Waals surface area contributed by atoms with E-state index in [-0.39, 0.29) is 29.4 Å². The van der Waals surface area contributed by atoms with Gasteiger partial charge in [-0.15, -0.1) is 0 Å². The van der Waals surface area contributed by atoms with Gasteiger partial charge in [-0.05, 0) is 18.1 Å². The molecule has 3 atom stereocenters. The molecule has 9 nitrogen and oxygen atoms in total. The quantitative estimate of drug-likeness (QED) is 0.420. The predicted octanol–water partition coefficient (Wildman–Crippen LogP) is 2.73. The third kappa shape index (κ3) is 2.98. The number of imidazole rings is 1. The first-order chi connectivity index (χ1) is 15.8. The van der Waals surface area contributed by atoms with Crippen LogP contribution in [0, 0.1) is 23.0 Å². The average Bonchev–Trinajstić information content (AvgIpc) is 3.22. The van der Waals surface area contributed by atoms with Crippen LogP contribution in [0.5, 0.6) is 0 Å². The normalized spacial score (nSPS) is 24.0. The fraction of sp³-hybridized carbons (Fsp3) is 0.381. The van der Waals surface area contributed by atoms with Crippen LogP contribution >= 0.6 is 11.6 Å². The van der Waals surface area contributed by atoms with E-state index in [1.54, 1.807) is 11.6 Å². The Morgan fingerprint density at radius 2 is 1.97 bits per heavy atom. The van der Waals surface area contributed by atoms with Crippen molar-refractivity contribution in [2.75, 3.05) is 18.0 Å². The van der Waals surface area contributed by atoms with E-state index in [1.165, 1.54) is 29.4 Å². The van der Waals surface area contributed by atoms with Crippen molar-refractivity contribution in [3.8, 4) is 0 Å². The van der Waals surface area contributed by atoms with Crippen LogP contribution in [0.2, 0.25) is 5.02 Å². The summed E-state index contributed by atoms with van der Waals surface area (Å²) >= 11 is 5.60. The molecule has 4 aromatic rings. The Morgan fingerprint density at radius 1 is 1.24 bits per heavy atom. The summed E-state index contributed by atoms with van der Waals surface area (Å²) < 4.78 is 36.2. The number of aromatic nitrogens is 6. The highest BCUT2D eigenvalue weighted by Crippen LogP contribution is 2.68. The molecule has 0 amide bonds. The molecule has 6 rings (SSSR count). The third-order valence-corrected chi connectivity index (χ3v) is 7.26. The van der Waals surface area contributed by atoms with Crippen LogP contribution in [0.1, 0.15) is 24.6 Å². The van der Waals surface area contributed by atoms with E-state index in [0.29, 0.717) is 41.7 Å². The molecule has 12 heteroatoms. The number of fused-ring (bicyclic) bond motifs is 2. The first kappa shape index (κ1) is 20.3. The van der Waals surface area contributed by atoms with Gasteiger partial charge in [0.1, 0.15) is 29.5 Å². The topological polar surface area (TPSA) is 94.9 Å². The van der Waals surface area contributed by atoms with Gasteiger partial charge in [0.25, 0.3) is 5.56 Å². The summed E-state index contributed by atoms with van der Waals surface area (Å²) in [5.74, 6) is -0.366. The van der Waals surface area contributed by atoms with Gasteiger partial charge in [0, 0.05) is 37.2 Å². The van der Waals surface area contributed by atoms with Crippen LogP contribution in [0.4, 0.5) is 14.5 Å². The number of anilines is 1. The molecule has 1 saturated carbocycles. The summed E-state index contributed by atoms with van der Waals surface area (Å²) in [6.07, 6.45) is 2.95. The molecule has 1 aliphatic heterocycles. The summed E-state index contributed by atoms with van der Waals surface area (Å²) in [6.45, 7) is 3.43. The number of nitrogens with zero attached hydrogens (tertiary/aromatic N) is 7. The van der Waals surface area contributed by atoms with Gasteiger partial charge in [-0.1, -0.05) is 23.7 Å². The molecule has 1 aliphatic carbocycles. The Balaban J connectivity index is 1.20. The van der Waals surface area contributed by atoms with Gasteiger partial charge in [-0.3, -0.25) is 9.36 Å². The Kier molecular flexibility index (Phi) is 4.20. The lowest BCUT2D eigenvalue weighted by Crippen LogP contribution is -2.26. The minimum absolute atomic E-state index is 0.0719. The Morgan fingerprint density at radius 3 is 2.67 bits per heavy atom. The van der Waals surface area contributed by atoms with Crippen molar-refractivity contribution in [2.45, 2.75) is 19.4 Å². The second-order valence-corrected chi connectivity index (χ2v) is 9.32. The maximum atomic E-state index is 13.9. The van der Waals surface area contributed by atoms with Crippen LogP contribution in [0.3, 0.4) is 0 Å². The SMILES string of the molecule is Cn1cnc2ncn(Cc3nc([C@H]4[C@@H]5CN(c6cc(F)c(Cl)c(F)c6)CC54C)no3)c(=O)c21. The van der Waals surface area contributed by atoms with Gasteiger partial charge in [0.15, 0.2) is 17.0 Å². The monoisotopic (exact) mass is 473 g/mol. The van der Waals surface area contributed by atoms with Crippen LogP contribution in [-0.4, -0.2) is 42.3 Å². The summed E-state index contributed by atoms with van der Waals surface area (Å²) in [6, 6.07) is 2.51. The number of hydrogen-bond acceptors (Lipinski definition) is 7. The van der Waals surface area contributed by atoms with Gasteiger partial charge >= 0.3 is 0 Å². The number of piperidine rings is 1. The average molecular weight is 474 g/mol. The second-order valence-electron chi connectivity index (χ2n) is 8.95. The van der Waals surface area contributed by atoms with Crippen LogP contribution < -0.4 is 10.5 Å². The summed E-state index contributed by atoms with van der Waals surface area (Å²) in [4.78, 5) is 27.5. The molecule has 33 heavy (non-hydrogen) atoms. The van der Waals surface area contributed by atoms with E-state index >= 15 is 0 Å². The molecule has 1 unspecified atom stereocenters. The predicted molar refractivity (Wildman–Crippen MR) is 114 cm³/mol. The van der Waals surface area contributed by atoms with Crippen molar-refractivity contribution in [1.29, 1.82) is 0 Å². The molecule has 0 bridgehead atoms.